The van der Waals surface area contributed by atoms with Crippen LogP contribution in [0.1, 0.15) is 49.7 Å². The minimum absolute atomic E-state index is 0.0780. The third-order valence-corrected chi connectivity index (χ3v) is 4.69. The van der Waals surface area contributed by atoms with Gasteiger partial charge in [-0.2, -0.15) is 0 Å². The fourth-order valence-corrected chi connectivity index (χ4v) is 3.33. The summed E-state index contributed by atoms with van der Waals surface area (Å²) in [4.78, 5) is 17.0. The van der Waals surface area contributed by atoms with Crippen molar-refractivity contribution >= 4 is 33.0 Å². The van der Waals surface area contributed by atoms with Gasteiger partial charge in [-0.25, -0.2) is 0 Å². The Morgan fingerprint density at radius 3 is 2.81 bits per heavy atom. The molecule has 3 N–H and O–H groups in total. The molecule has 2 aromatic rings. The Morgan fingerprint density at radius 2 is 2.14 bits per heavy atom. The molecule has 4 nitrogen and oxygen atoms in total. The second-order valence-electron chi connectivity index (χ2n) is 5.92. The summed E-state index contributed by atoms with van der Waals surface area (Å²) in [7, 11) is 0. The van der Waals surface area contributed by atoms with Crippen molar-refractivity contribution in [3.05, 3.63) is 23.3 Å². The first-order chi connectivity index (χ1) is 9.99. The van der Waals surface area contributed by atoms with Gasteiger partial charge < -0.3 is 11.1 Å². The number of hydrogen-bond donors (Lipinski definition) is 2. The molecule has 0 aliphatic rings. The predicted octanol–water partition coefficient (Wildman–Crippen LogP) is 3.82. The number of thiophene rings is 1. The third kappa shape index (κ3) is 3.94. The van der Waals surface area contributed by atoms with Crippen molar-refractivity contribution in [1.29, 1.82) is 0 Å². The number of nitrogens with zero attached hydrogens (tertiary/aromatic N) is 1. The molecule has 114 valence electrons. The van der Waals surface area contributed by atoms with Gasteiger partial charge in [0.1, 0.15) is 4.88 Å². The smallest absolute Gasteiger partial charge is 0.263 e. The Balaban J connectivity index is 2.00. The van der Waals surface area contributed by atoms with Gasteiger partial charge in [-0.15, -0.1) is 11.3 Å². The van der Waals surface area contributed by atoms with Crippen LogP contribution in [-0.2, 0) is 0 Å². The maximum absolute atomic E-state index is 12.3. The van der Waals surface area contributed by atoms with Gasteiger partial charge in [-0.3, -0.25) is 9.78 Å². The normalized spacial score (nSPS) is 12.8. The first-order valence-corrected chi connectivity index (χ1v) is 8.23. The molecule has 0 saturated heterocycles. The van der Waals surface area contributed by atoms with Crippen LogP contribution in [-0.4, -0.2) is 16.9 Å². The average molecular weight is 305 g/mol. The van der Waals surface area contributed by atoms with Gasteiger partial charge in [0.25, 0.3) is 5.91 Å². The molecule has 0 radical (unpaired) electrons. The maximum Gasteiger partial charge on any atom is 0.263 e. The largest absolute Gasteiger partial charge is 0.397 e. The van der Waals surface area contributed by atoms with Crippen LogP contribution in [0.25, 0.3) is 10.1 Å². The third-order valence-electron chi connectivity index (χ3n) is 3.53. The highest BCUT2D eigenvalue weighted by molar-refractivity contribution is 7.21. The first kappa shape index (κ1) is 15.8. The van der Waals surface area contributed by atoms with Crippen LogP contribution in [0.4, 0.5) is 5.69 Å². The van der Waals surface area contributed by atoms with Gasteiger partial charge >= 0.3 is 0 Å². The van der Waals surface area contributed by atoms with E-state index in [1.54, 1.807) is 12.4 Å². The lowest BCUT2D eigenvalue weighted by atomic mass is 10.0. The molecule has 0 fully saturated rings. The summed E-state index contributed by atoms with van der Waals surface area (Å²) in [5.41, 5.74) is 6.64. The Hall–Kier alpha value is -1.62. The number of rotatable bonds is 6. The van der Waals surface area contributed by atoms with Gasteiger partial charge in [0.15, 0.2) is 0 Å². The van der Waals surface area contributed by atoms with Crippen LogP contribution in [0.3, 0.4) is 0 Å². The van der Waals surface area contributed by atoms with E-state index in [9.17, 15) is 4.79 Å². The molecule has 0 saturated carbocycles. The lowest BCUT2D eigenvalue weighted by Gasteiger charge is -2.14. The van der Waals surface area contributed by atoms with Gasteiger partial charge in [0, 0.05) is 23.8 Å². The monoisotopic (exact) mass is 305 g/mol. The summed E-state index contributed by atoms with van der Waals surface area (Å²) in [5, 5.41) is 3.95. The van der Waals surface area contributed by atoms with Gasteiger partial charge in [0.2, 0.25) is 0 Å². The standard InChI is InChI=1S/C16H23N3OS/c1-10(2)5-4-6-11(3)19-16(20)15-14(17)12-7-8-18-9-13(12)21-15/h7-11H,4-6,17H2,1-3H3,(H,19,20). The lowest BCUT2D eigenvalue weighted by Crippen LogP contribution is -2.32. The molecular weight excluding hydrogens is 282 g/mol. The summed E-state index contributed by atoms with van der Waals surface area (Å²) < 4.78 is 0.951. The van der Waals surface area contributed by atoms with Gasteiger partial charge in [-0.05, 0) is 25.3 Å². The van der Waals surface area contributed by atoms with E-state index in [1.807, 2.05) is 13.0 Å². The molecule has 1 amide bonds. The van der Waals surface area contributed by atoms with E-state index in [2.05, 4.69) is 24.1 Å². The Labute approximate surface area is 129 Å². The summed E-state index contributed by atoms with van der Waals surface area (Å²) in [6.45, 7) is 6.48. The van der Waals surface area contributed by atoms with Crippen molar-refractivity contribution in [2.24, 2.45) is 5.92 Å². The highest BCUT2D eigenvalue weighted by Gasteiger charge is 2.17. The number of amides is 1. The molecule has 2 aromatic heterocycles. The topological polar surface area (TPSA) is 68.0 Å². The molecule has 0 aliphatic carbocycles. The minimum atomic E-state index is -0.0780. The summed E-state index contributed by atoms with van der Waals surface area (Å²) >= 11 is 1.40. The molecule has 0 aromatic carbocycles. The van der Waals surface area contributed by atoms with Crippen LogP contribution in [0.2, 0.25) is 0 Å². The fourth-order valence-electron chi connectivity index (χ4n) is 2.33. The molecule has 1 unspecified atom stereocenters. The van der Waals surface area contributed by atoms with E-state index in [0.717, 1.165) is 22.9 Å². The zero-order valence-corrected chi connectivity index (χ0v) is 13.7. The molecule has 0 spiro atoms. The lowest BCUT2D eigenvalue weighted by molar-refractivity contribution is 0.0943. The highest BCUT2D eigenvalue weighted by atomic mass is 32.1. The Kier molecular flexibility index (Phi) is 5.17. The molecular formula is C16H23N3OS. The van der Waals surface area contributed by atoms with Crippen LogP contribution in [0.15, 0.2) is 18.5 Å². The number of fused-ring (bicyclic) bond motifs is 1. The van der Waals surface area contributed by atoms with E-state index in [0.29, 0.717) is 16.5 Å². The number of nitrogen functional groups attached to an aromatic ring is 1. The minimum Gasteiger partial charge on any atom is -0.397 e. The van der Waals surface area contributed by atoms with E-state index in [4.69, 9.17) is 5.73 Å². The molecule has 2 rings (SSSR count). The first-order valence-electron chi connectivity index (χ1n) is 7.42. The molecule has 1 atom stereocenters. The number of nitrogens with one attached hydrogen (secondary N) is 1. The molecule has 21 heavy (non-hydrogen) atoms. The molecule has 5 heteroatoms. The second-order valence-corrected chi connectivity index (χ2v) is 6.97. The molecule has 0 bridgehead atoms. The van der Waals surface area contributed by atoms with Crippen molar-refractivity contribution in [2.75, 3.05) is 5.73 Å². The summed E-state index contributed by atoms with van der Waals surface area (Å²) in [6.07, 6.45) is 6.76. The number of hydrogen-bond acceptors (Lipinski definition) is 4. The van der Waals surface area contributed by atoms with Crippen molar-refractivity contribution in [2.45, 2.75) is 46.1 Å². The Bertz CT molecular complexity index is 621. The number of carbonyl (C=O) groups excluding carboxylic acids is 1. The highest BCUT2D eigenvalue weighted by Crippen LogP contribution is 2.32. The quantitative estimate of drug-likeness (QED) is 0.852. The zero-order chi connectivity index (χ0) is 15.4. The summed E-state index contributed by atoms with van der Waals surface area (Å²) in [6, 6.07) is 2.02. The average Bonchev–Trinajstić information content (AvgIpc) is 2.76. The van der Waals surface area contributed by atoms with E-state index >= 15 is 0 Å². The van der Waals surface area contributed by atoms with Crippen molar-refractivity contribution in [3.63, 3.8) is 0 Å². The zero-order valence-electron chi connectivity index (χ0n) is 12.8. The van der Waals surface area contributed by atoms with Crippen LogP contribution < -0.4 is 11.1 Å². The molecule has 2 heterocycles. The predicted molar refractivity (Wildman–Crippen MR) is 89.6 cm³/mol. The maximum atomic E-state index is 12.3. The van der Waals surface area contributed by atoms with E-state index in [-0.39, 0.29) is 11.9 Å². The van der Waals surface area contributed by atoms with Crippen LogP contribution in [0, 0.1) is 5.92 Å². The van der Waals surface area contributed by atoms with Gasteiger partial charge in [-0.1, -0.05) is 26.7 Å². The SMILES string of the molecule is CC(C)CCCC(C)NC(=O)c1sc2cnccc2c1N. The molecule has 0 aliphatic heterocycles. The fraction of sp³-hybridized carbons (Fsp3) is 0.500. The number of nitrogens with two attached hydrogens (primary N) is 1. The number of carbonyl (C=O) groups is 1. The van der Waals surface area contributed by atoms with Gasteiger partial charge in [0.05, 0.1) is 10.4 Å². The van der Waals surface area contributed by atoms with Crippen LogP contribution >= 0.6 is 11.3 Å². The number of pyridine rings is 1. The van der Waals surface area contributed by atoms with Crippen molar-refractivity contribution in [3.8, 4) is 0 Å². The van der Waals surface area contributed by atoms with E-state index < -0.39 is 0 Å². The Morgan fingerprint density at radius 1 is 1.38 bits per heavy atom. The van der Waals surface area contributed by atoms with Crippen LogP contribution in [0.5, 0.6) is 0 Å². The van der Waals surface area contributed by atoms with Crippen molar-refractivity contribution < 1.29 is 4.79 Å². The van der Waals surface area contributed by atoms with E-state index in [1.165, 1.54) is 17.8 Å². The second kappa shape index (κ2) is 6.89. The number of anilines is 1. The number of aromatic nitrogens is 1. The van der Waals surface area contributed by atoms with Crippen molar-refractivity contribution in [1.82, 2.24) is 10.3 Å². The summed E-state index contributed by atoms with van der Waals surface area (Å²) in [5.74, 6) is 0.629.